The third-order valence-electron chi connectivity index (χ3n) is 3.86. The predicted molar refractivity (Wildman–Crippen MR) is 84.8 cm³/mol. The van der Waals surface area contributed by atoms with Crippen molar-refractivity contribution >= 4 is 5.78 Å². The summed E-state index contributed by atoms with van der Waals surface area (Å²) in [7, 11) is 0. The van der Waals surface area contributed by atoms with Gasteiger partial charge < -0.3 is 5.73 Å². The summed E-state index contributed by atoms with van der Waals surface area (Å²) in [5.74, 6) is 2.64. The first-order valence-corrected chi connectivity index (χ1v) is 8.02. The Bertz CT molecular complexity index is 426. The number of hydrogen-bond acceptors (Lipinski definition) is 4. The maximum atomic E-state index is 12.2. The minimum absolute atomic E-state index is 0.246. The van der Waals surface area contributed by atoms with Gasteiger partial charge in [0.25, 0.3) is 0 Å². The molecule has 2 N–H and O–H groups in total. The van der Waals surface area contributed by atoms with Gasteiger partial charge in [-0.05, 0) is 37.1 Å². The van der Waals surface area contributed by atoms with Crippen LogP contribution in [0.25, 0.3) is 0 Å². The van der Waals surface area contributed by atoms with Gasteiger partial charge >= 0.3 is 0 Å². The Kier molecular flexibility index (Phi) is 7.57. The van der Waals surface area contributed by atoms with E-state index in [4.69, 9.17) is 5.73 Å². The molecule has 0 aromatic carbocycles. The smallest absolute Gasteiger partial charge is 0.140 e. The number of ketones is 1. The van der Waals surface area contributed by atoms with Gasteiger partial charge in [0.1, 0.15) is 17.9 Å². The second kappa shape index (κ2) is 8.93. The molecule has 1 rings (SSSR count). The van der Waals surface area contributed by atoms with Crippen LogP contribution in [0.1, 0.15) is 52.8 Å². The summed E-state index contributed by atoms with van der Waals surface area (Å²) in [6.45, 7) is 10.2. The summed E-state index contributed by atoms with van der Waals surface area (Å²) in [5.41, 5.74) is 5.64. The molecule has 1 heterocycles. The van der Waals surface area contributed by atoms with Crippen molar-refractivity contribution in [2.45, 2.75) is 59.9 Å². The van der Waals surface area contributed by atoms with Crippen molar-refractivity contribution in [3.63, 3.8) is 0 Å². The first kappa shape index (κ1) is 17.8. The van der Waals surface area contributed by atoms with E-state index in [1.807, 2.05) is 4.68 Å². The van der Waals surface area contributed by atoms with Crippen molar-refractivity contribution in [2.24, 2.45) is 23.5 Å². The van der Waals surface area contributed by atoms with E-state index in [1.165, 1.54) is 6.33 Å². The minimum Gasteiger partial charge on any atom is -0.330 e. The number of carbonyl (C=O) groups excluding carboxylic acids is 1. The molecule has 0 saturated heterocycles. The van der Waals surface area contributed by atoms with Crippen molar-refractivity contribution in [1.82, 2.24) is 14.8 Å². The van der Waals surface area contributed by atoms with E-state index in [-0.39, 0.29) is 5.78 Å². The van der Waals surface area contributed by atoms with E-state index >= 15 is 0 Å². The van der Waals surface area contributed by atoms with E-state index in [0.717, 1.165) is 25.2 Å². The lowest BCUT2D eigenvalue weighted by atomic mass is 9.87. The Morgan fingerprint density at radius 1 is 1.29 bits per heavy atom. The minimum atomic E-state index is 0.246. The molecule has 120 valence electrons. The monoisotopic (exact) mass is 294 g/mol. The van der Waals surface area contributed by atoms with E-state index in [9.17, 15) is 4.79 Å². The molecule has 1 atom stereocenters. The van der Waals surface area contributed by atoms with Gasteiger partial charge in [-0.25, -0.2) is 9.67 Å². The maximum absolute atomic E-state index is 12.2. The molecule has 1 unspecified atom stereocenters. The van der Waals surface area contributed by atoms with Crippen LogP contribution in [0.15, 0.2) is 6.33 Å². The first-order chi connectivity index (χ1) is 9.93. The van der Waals surface area contributed by atoms with E-state index in [2.05, 4.69) is 37.8 Å². The lowest BCUT2D eigenvalue weighted by Crippen LogP contribution is -2.18. The fourth-order valence-electron chi connectivity index (χ4n) is 2.56. The SMILES string of the molecule is CC(C)Cn1ncnc1CC(=O)CCC(CCN)C(C)C. The number of Topliss-reactive ketones (excluding diaryl/α,β-unsaturated/α-hetero) is 1. The Hall–Kier alpha value is -1.23. The Balaban J connectivity index is 2.48. The number of nitrogens with two attached hydrogens (primary N) is 1. The van der Waals surface area contributed by atoms with Gasteiger partial charge in [-0.15, -0.1) is 0 Å². The standard InChI is InChI=1S/C16H30N4O/c1-12(2)10-20-16(18-11-19-20)9-15(21)6-5-14(7-8-17)13(3)4/h11-14H,5-10,17H2,1-4H3. The first-order valence-electron chi connectivity index (χ1n) is 8.02. The van der Waals surface area contributed by atoms with Crippen molar-refractivity contribution in [1.29, 1.82) is 0 Å². The molecule has 0 amide bonds. The van der Waals surface area contributed by atoms with E-state index < -0.39 is 0 Å². The maximum Gasteiger partial charge on any atom is 0.140 e. The molecule has 5 heteroatoms. The molecule has 0 fully saturated rings. The quantitative estimate of drug-likeness (QED) is 0.719. The van der Waals surface area contributed by atoms with E-state index in [1.54, 1.807) is 0 Å². The van der Waals surface area contributed by atoms with Crippen LogP contribution in [0.2, 0.25) is 0 Å². The van der Waals surface area contributed by atoms with Gasteiger partial charge in [0, 0.05) is 13.0 Å². The summed E-state index contributed by atoms with van der Waals surface area (Å²) in [4.78, 5) is 16.4. The summed E-state index contributed by atoms with van der Waals surface area (Å²) in [6, 6.07) is 0. The van der Waals surface area contributed by atoms with Crippen LogP contribution >= 0.6 is 0 Å². The topological polar surface area (TPSA) is 73.8 Å². The summed E-state index contributed by atoms with van der Waals surface area (Å²) >= 11 is 0. The molecule has 0 saturated carbocycles. The number of rotatable bonds is 10. The largest absolute Gasteiger partial charge is 0.330 e. The molecule has 1 aromatic heterocycles. The van der Waals surface area contributed by atoms with E-state index in [0.29, 0.717) is 37.1 Å². The van der Waals surface area contributed by atoms with Crippen molar-refractivity contribution in [3.05, 3.63) is 12.2 Å². The zero-order valence-electron chi connectivity index (χ0n) is 13.9. The summed E-state index contributed by atoms with van der Waals surface area (Å²) in [5, 5.41) is 4.20. The molecule has 1 aromatic rings. The summed E-state index contributed by atoms with van der Waals surface area (Å²) in [6.07, 6.45) is 4.45. The normalized spacial score (nSPS) is 13.1. The van der Waals surface area contributed by atoms with Gasteiger partial charge in [-0.3, -0.25) is 4.79 Å². The molecule has 0 radical (unpaired) electrons. The zero-order chi connectivity index (χ0) is 15.8. The third-order valence-corrected chi connectivity index (χ3v) is 3.86. The van der Waals surface area contributed by atoms with Crippen LogP contribution in [-0.2, 0) is 17.8 Å². The lowest BCUT2D eigenvalue weighted by molar-refractivity contribution is -0.119. The van der Waals surface area contributed by atoms with Crippen LogP contribution in [-0.4, -0.2) is 27.1 Å². The molecule has 0 aliphatic carbocycles. The Morgan fingerprint density at radius 3 is 2.57 bits per heavy atom. The van der Waals surface area contributed by atoms with Crippen LogP contribution in [0.3, 0.4) is 0 Å². The van der Waals surface area contributed by atoms with Crippen LogP contribution in [0.5, 0.6) is 0 Å². The molecular formula is C16H30N4O. The highest BCUT2D eigenvalue weighted by molar-refractivity contribution is 5.80. The number of nitrogens with zero attached hydrogens (tertiary/aromatic N) is 3. The molecule has 0 bridgehead atoms. The fraction of sp³-hybridized carbons (Fsp3) is 0.812. The van der Waals surface area contributed by atoms with Gasteiger partial charge in [0.2, 0.25) is 0 Å². The van der Waals surface area contributed by atoms with Gasteiger partial charge in [-0.2, -0.15) is 5.10 Å². The Labute approximate surface area is 128 Å². The molecule has 21 heavy (non-hydrogen) atoms. The molecular weight excluding hydrogens is 264 g/mol. The third kappa shape index (κ3) is 6.38. The number of carbonyl (C=O) groups is 1. The lowest BCUT2D eigenvalue weighted by Gasteiger charge is -2.19. The highest BCUT2D eigenvalue weighted by atomic mass is 16.1. The fourth-order valence-corrected chi connectivity index (χ4v) is 2.56. The van der Waals surface area contributed by atoms with Crippen molar-refractivity contribution in [3.8, 4) is 0 Å². The average molecular weight is 294 g/mol. The highest BCUT2D eigenvalue weighted by Crippen LogP contribution is 2.20. The number of hydrogen-bond donors (Lipinski definition) is 1. The zero-order valence-corrected chi connectivity index (χ0v) is 13.9. The molecule has 5 nitrogen and oxygen atoms in total. The molecule has 0 spiro atoms. The van der Waals surface area contributed by atoms with Crippen molar-refractivity contribution in [2.75, 3.05) is 6.54 Å². The molecule has 0 aliphatic rings. The average Bonchev–Trinajstić information content (AvgIpc) is 2.80. The van der Waals surface area contributed by atoms with Gasteiger partial charge in [-0.1, -0.05) is 27.7 Å². The predicted octanol–water partition coefficient (Wildman–Crippen LogP) is 2.45. The van der Waals surface area contributed by atoms with Crippen LogP contribution < -0.4 is 5.73 Å². The Morgan fingerprint density at radius 2 is 2.00 bits per heavy atom. The summed E-state index contributed by atoms with van der Waals surface area (Å²) < 4.78 is 1.85. The second-order valence-electron chi connectivity index (χ2n) is 6.59. The molecule has 0 aliphatic heterocycles. The van der Waals surface area contributed by atoms with Gasteiger partial charge in [0.05, 0.1) is 6.42 Å². The van der Waals surface area contributed by atoms with Gasteiger partial charge in [0.15, 0.2) is 0 Å². The van der Waals surface area contributed by atoms with Crippen LogP contribution in [0.4, 0.5) is 0 Å². The highest BCUT2D eigenvalue weighted by Gasteiger charge is 2.16. The van der Waals surface area contributed by atoms with Crippen LogP contribution in [0, 0.1) is 17.8 Å². The second-order valence-corrected chi connectivity index (χ2v) is 6.59. The number of aromatic nitrogens is 3. The van der Waals surface area contributed by atoms with Crippen molar-refractivity contribution < 1.29 is 4.79 Å².